The normalized spacial score (nSPS) is 13.8. The van der Waals surface area contributed by atoms with Crippen LogP contribution in [0.2, 0.25) is 0 Å². The first kappa shape index (κ1) is 12.0. The molecule has 0 aromatic carbocycles. The molecule has 0 fully saturated rings. The van der Waals surface area contributed by atoms with Gasteiger partial charge in [-0.15, -0.1) is 22.7 Å². The lowest BCUT2D eigenvalue weighted by Gasteiger charge is -2.15. The topological polar surface area (TPSA) is 38.0 Å². The van der Waals surface area contributed by atoms with Crippen LogP contribution in [0, 0.1) is 5.92 Å². The van der Waals surface area contributed by atoms with E-state index < -0.39 is 0 Å². The van der Waals surface area contributed by atoms with Gasteiger partial charge in [0.1, 0.15) is 0 Å². The first-order chi connectivity index (χ1) is 7.70. The van der Waals surface area contributed by atoms with E-state index in [1.165, 1.54) is 20.7 Å². The molecule has 88 valence electrons. The van der Waals surface area contributed by atoms with Gasteiger partial charge in [0.25, 0.3) is 0 Å². The summed E-state index contributed by atoms with van der Waals surface area (Å²) < 4.78 is 2.76. The lowest BCUT2D eigenvalue weighted by molar-refractivity contribution is 0.453. The van der Waals surface area contributed by atoms with Crippen LogP contribution in [-0.4, -0.2) is 0 Å². The van der Waals surface area contributed by atoms with Gasteiger partial charge in [0, 0.05) is 14.3 Å². The standard InChI is InChI=1S/C12H18N2S2/c1-8(2)3-4-9(14-13)11-7-12-10(16-11)5-6-15-12/h5-9,14H,3-4,13H2,1-2H3. The second-order valence-corrected chi connectivity index (χ2v) is 6.55. The van der Waals surface area contributed by atoms with E-state index in [2.05, 4.69) is 36.8 Å². The summed E-state index contributed by atoms with van der Waals surface area (Å²) in [6.07, 6.45) is 2.32. The molecule has 0 radical (unpaired) electrons. The van der Waals surface area contributed by atoms with Gasteiger partial charge < -0.3 is 0 Å². The number of fused-ring (bicyclic) bond motifs is 1. The Morgan fingerprint density at radius 2 is 2.12 bits per heavy atom. The molecule has 1 atom stereocenters. The molecule has 2 rings (SSSR count). The second-order valence-electron chi connectivity index (χ2n) is 4.49. The lowest BCUT2D eigenvalue weighted by Crippen LogP contribution is -2.27. The molecule has 0 aliphatic carbocycles. The van der Waals surface area contributed by atoms with Crippen LogP contribution in [0.3, 0.4) is 0 Å². The van der Waals surface area contributed by atoms with Crippen molar-refractivity contribution in [2.75, 3.05) is 0 Å². The van der Waals surface area contributed by atoms with Crippen molar-refractivity contribution >= 4 is 32.1 Å². The summed E-state index contributed by atoms with van der Waals surface area (Å²) in [5.41, 5.74) is 2.94. The van der Waals surface area contributed by atoms with E-state index in [4.69, 9.17) is 5.84 Å². The molecule has 0 saturated heterocycles. The highest BCUT2D eigenvalue weighted by Crippen LogP contribution is 2.34. The maximum atomic E-state index is 5.64. The predicted molar refractivity (Wildman–Crippen MR) is 73.8 cm³/mol. The molecule has 16 heavy (non-hydrogen) atoms. The van der Waals surface area contributed by atoms with Crippen molar-refractivity contribution in [1.82, 2.24) is 5.43 Å². The fourth-order valence-electron chi connectivity index (χ4n) is 1.76. The van der Waals surface area contributed by atoms with Crippen LogP contribution in [0.5, 0.6) is 0 Å². The number of hydrogen-bond acceptors (Lipinski definition) is 4. The number of nitrogens with two attached hydrogens (primary N) is 1. The van der Waals surface area contributed by atoms with Gasteiger partial charge in [-0.1, -0.05) is 13.8 Å². The Balaban J connectivity index is 2.11. The van der Waals surface area contributed by atoms with Crippen LogP contribution < -0.4 is 11.3 Å². The van der Waals surface area contributed by atoms with E-state index >= 15 is 0 Å². The second kappa shape index (κ2) is 5.27. The monoisotopic (exact) mass is 254 g/mol. The minimum Gasteiger partial charge on any atom is -0.271 e. The molecule has 2 aromatic rings. The van der Waals surface area contributed by atoms with Crippen molar-refractivity contribution in [3.63, 3.8) is 0 Å². The third kappa shape index (κ3) is 2.63. The van der Waals surface area contributed by atoms with Crippen molar-refractivity contribution in [2.45, 2.75) is 32.7 Å². The van der Waals surface area contributed by atoms with Gasteiger partial charge >= 0.3 is 0 Å². The molecule has 3 N–H and O–H groups in total. The van der Waals surface area contributed by atoms with Crippen LogP contribution in [0.1, 0.15) is 37.6 Å². The van der Waals surface area contributed by atoms with E-state index in [1.807, 2.05) is 11.3 Å². The highest BCUT2D eigenvalue weighted by molar-refractivity contribution is 7.26. The minimum absolute atomic E-state index is 0.312. The van der Waals surface area contributed by atoms with Gasteiger partial charge in [0.05, 0.1) is 6.04 Å². The van der Waals surface area contributed by atoms with Crippen molar-refractivity contribution in [2.24, 2.45) is 11.8 Å². The van der Waals surface area contributed by atoms with Crippen molar-refractivity contribution in [3.8, 4) is 0 Å². The predicted octanol–water partition coefficient (Wildman–Crippen LogP) is 3.90. The highest BCUT2D eigenvalue weighted by atomic mass is 32.1. The Morgan fingerprint density at radius 3 is 2.75 bits per heavy atom. The van der Waals surface area contributed by atoms with E-state index in [1.54, 1.807) is 11.3 Å². The Kier molecular flexibility index (Phi) is 3.97. The Hall–Kier alpha value is -0.420. The van der Waals surface area contributed by atoms with Gasteiger partial charge in [-0.05, 0) is 36.3 Å². The zero-order chi connectivity index (χ0) is 11.5. The molecular formula is C12H18N2S2. The molecule has 0 bridgehead atoms. The lowest BCUT2D eigenvalue weighted by atomic mass is 10.0. The maximum Gasteiger partial charge on any atom is 0.0554 e. The van der Waals surface area contributed by atoms with E-state index in [9.17, 15) is 0 Å². The molecule has 4 heteroatoms. The summed E-state index contributed by atoms with van der Waals surface area (Å²) in [4.78, 5) is 1.37. The molecule has 0 aliphatic rings. The maximum absolute atomic E-state index is 5.64. The molecule has 2 nitrogen and oxygen atoms in total. The SMILES string of the molecule is CC(C)CCC(NN)c1cc2sccc2s1. The Labute approximate surface area is 104 Å². The number of hydrazine groups is 1. The quantitative estimate of drug-likeness (QED) is 0.627. The minimum atomic E-state index is 0.312. The molecular weight excluding hydrogens is 236 g/mol. The Morgan fingerprint density at radius 1 is 1.31 bits per heavy atom. The van der Waals surface area contributed by atoms with Crippen molar-refractivity contribution < 1.29 is 0 Å². The molecule has 0 aliphatic heterocycles. The summed E-state index contributed by atoms with van der Waals surface area (Å²) in [5.74, 6) is 6.37. The van der Waals surface area contributed by atoms with Gasteiger partial charge in [0.2, 0.25) is 0 Å². The number of nitrogens with one attached hydrogen (secondary N) is 1. The van der Waals surface area contributed by atoms with Crippen LogP contribution in [0.25, 0.3) is 9.40 Å². The van der Waals surface area contributed by atoms with Gasteiger partial charge in [-0.2, -0.15) is 0 Å². The molecule has 1 unspecified atom stereocenters. The third-order valence-corrected chi connectivity index (χ3v) is 4.94. The average molecular weight is 254 g/mol. The summed E-state index contributed by atoms with van der Waals surface area (Å²) in [5, 5.41) is 2.14. The van der Waals surface area contributed by atoms with E-state index in [-0.39, 0.29) is 0 Å². The number of thiophene rings is 2. The van der Waals surface area contributed by atoms with Crippen LogP contribution in [0.15, 0.2) is 17.5 Å². The molecule has 2 aromatic heterocycles. The van der Waals surface area contributed by atoms with E-state index in [0.29, 0.717) is 6.04 Å². The Bertz CT molecular complexity index is 416. The first-order valence-electron chi connectivity index (χ1n) is 5.63. The fourth-order valence-corrected chi connectivity index (χ4v) is 3.98. The average Bonchev–Trinajstić information content (AvgIpc) is 2.78. The van der Waals surface area contributed by atoms with Gasteiger partial charge in [0.15, 0.2) is 0 Å². The largest absolute Gasteiger partial charge is 0.271 e. The van der Waals surface area contributed by atoms with Gasteiger partial charge in [-0.25, -0.2) is 0 Å². The summed E-state index contributed by atoms with van der Waals surface area (Å²) in [6, 6.07) is 4.77. The summed E-state index contributed by atoms with van der Waals surface area (Å²) in [7, 11) is 0. The van der Waals surface area contributed by atoms with Crippen LogP contribution in [-0.2, 0) is 0 Å². The van der Waals surface area contributed by atoms with Crippen molar-refractivity contribution in [1.29, 1.82) is 0 Å². The summed E-state index contributed by atoms with van der Waals surface area (Å²) >= 11 is 3.66. The molecule has 0 saturated carbocycles. The van der Waals surface area contributed by atoms with Crippen LogP contribution in [0.4, 0.5) is 0 Å². The van der Waals surface area contributed by atoms with E-state index in [0.717, 1.165) is 12.3 Å². The zero-order valence-electron chi connectivity index (χ0n) is 9.69. The third-order valence-electron chi connectivity index (χ3n) is 2.74. The smallest absolute Gasteiger partial charge is 0.0554 e. The fraction of sp³-hybridized carbons (Fsp3) is 0.500. The zero-order valence-corrected chi connectivity index (χ0v) is 11.3. The molecule has 0 spiro atoms. The number of hydrogen-bond donors (Lipinski definition) is 2. The highest BCUT2D eigenvalue weighted by Gasteiger charge is 2.13. The molecule has 0 amide bonds. The van der Waals surface area contributed by atoms with Gasteiger partial charge in [-0.3, -0.25) is 11.3 Å². The van der Waals surface area contributed by atoms with Crippen LogP contribution >= 0.6 is 22.7 Å². The number of rotatable bonds is 5. The first-order valence-corrected chi connectivity index (χ1v) is 7.33. The molecule has 2 heterocycles. The van der Waals surface area contributed by atoms with Crippen molar-refractivity contribution in [3.05, 3.63) is 22.4 Å². The summed E-state index contributed by atoms with van der Waals surface area (Å²) in [6.45, 7) is 4.50.